The van der Waals surface area contributed by atoms with Gasteiger partial charge < -0.3 is 19.0 Å². The average Bonchev–Trinajstić information content (AvgIpc) is 3.23. The average molecular weight is 298 g/mol. The summed E-state index contributed by atoms with van der Waals surface area (Å²) in [6, 6.07) is 12.3. The van der Waals surface area contributed by atoms with Crippen LogP contribution in [0.5, 0.6) is 5.75 Å². The molecule has 0 saturated heterocycles. The van der Waals surface area contributed by atoms with Crippen LogP contribution in [0.2, 0.25) is 0 Å². The van der Waals surface area contributed by atoms with Crippen LogP contribution >= 0.6 is 0 Å². The number of nitrogens with zero attached hydrogens (tertiary/aromatic N) is 1. The van der Waals surface area contributed by atoms with Gasteiger partial charge in [-0.1, -0.05) is 17.3 Å². The number of amides is 1. The maximum atomic E-state index is 12.2. The smallest absolute Gasteiger partial charge is 0.255 e. The summed E-state index contributed by atoms with van der Waals surface area (Å²) in [7, 11) is 1.53. The van der Waals surface area contributed by atoms with Crippen molar-refractivity contribution in [1.82, 2.24) is 10.5 Å². The minimum Gasteiger partial charge on any atom is -0.496 e. The third kappa shape index (κ3) is 2.85. The van der Waals surface area contributed by atoms with E-state index in [1.165, 1.54) is 7.11 Å². The summed E-state index contributed by atoms with van der Waals surface area (Å²) < 4.78 is 15.6. The van der Waals surface area contributed by atoms with Crippen LogP contribution in [0, 0.1) is 0 Å². The number of carbonyl (C=O) groups excluding carboxylic acids is 1. The lowest BCUT2D eigenvalue weighted by Gasteiger charge is -2.07. The zero-order chi connectivity index (χ0) is 15.4. The topological polar surface area (TPSA) is 77.5 Å². The van der Waals surface area contributed by atoms with Gasteiger partial charge in [-0.2, -0.15) is 0 Å². The largest absolute Gasteiger partial charge is 0.496 e. The highest BCUT2D eigenvalue weighted by Gasteiger charge is 2.13. The maximum Gasteiger partial charge on any atom is 0.255 e. The van der Waals surface area contributed by atoms with E-state index < -0.39 is 0 Å². The van der Waals surface area contributed by atoms with Crippen molar-refractivity contribution < 1.29 is 18.5 Å². The second kappa shape index (κ2) is 6.17. The van der Waals surface area contributed by atoms with Gasteiger partial charge in [0.05, 0.1) is 25.5 Å². The molecule has 0 radical (unpaired) electrons. The molecule has 0 atom stereocenters. The van der Waals surface area contributed by atoms with Crippen molar-refractivity contribution in [2.24, 2.45) is 0 Å². The summed E-state index contributed by atoms with van der Waals surface area (Å²) in [4.78, 5) is 12.2. The minimum absolute atomic E-state index is 0.236. The van der Waals surface area contributed by atoms with E-state index in [2.05, 4.69) is 10.5 Å². The molecular weight excluding hydrogens is 284 g/mol. The summed E-state index contributed by atoms with van der Waals surface area (Å²) in [5, 5.41) is 6.68. The fourth-order valence-electron chi connectivity index (χ4n) is 2.03. The lowest BCUT2D eigenvalue weighted by atomic mass is 10.2. The van der Waals surface area contributed by atoms with Gasteiger partial charge in [-0.15, -0.1) is 0 Å². The molecule has 0 fully saturated rings. The van der Waals surface area contributed by atoms with Gasteiger partial charge in [0.25, 0.3) is 5.91 Å². The first-order valence-corrected chi connectivity index (χ1v) is 6.68. The van der Waals surface area contributed by atoms with E-state index in [-0.39, 0.29) is 12.5 Å². The highest BCUT2D eigenvalue weighted by molar-refractivity contribution is 5.96. The maximum absolute atomic E-state index is 12.2. The minimum atomic E-state index is -0.236. The summed E-state index contributed by atoms with van der Waals surface area (Å²) >= 11 is 0. The predicted molar refractivity (Wildman–Crippen MR) is 78.4 cm³/mol. The SMILES string of the molecule is COc1ccccc1C(=O)NCc1cc(-c2ccco2)on1. The Labute approximate surface area is 126 Å². The summed E-state index contributed by atoms with van der Waals surface area (Å²) in [6.45, 7) is 0.251. The molecule has 0 aliphatic heterocycles. The second-order valence-corrected chi connectivity index (χ2v) is 4.54. The van der Waals surface area contributed by atoms with Crippen LogP contribution in [0.3, 0.4) is 0 Å². The van der Waals surface area contributed by atoms with Crippen molar-refractivity contribution in [1.29, 1.82) is 0 Å². The Bertz CT molecular complexity index is 762. The van der Waals surface area contributed by atoms with Crippen molar-refractivity contribution in [3.63, 3.8) is 0 Å². The van der Waals surface area contributed by atoms with Crippen LogP contribution in [0.15, 0.2) is 57.7 Å². The van der Waals surface area contributed by atoms with Crippen LogP contribution in [0.1, 0.15) is 16.1 Å². The van der Waals surface area contributed by atoms with Crippen LogP contribution < -0.4 is 10.1 Å². The molecule has 0 aliphatic rings. The molecule has 0 bridgehead atoms. The van der Waals surface area contributed by atoms with Crippen LogP contribution in [0.25, 0.3) is 11.5 Å². The van der Waals surface area contributed by atoms with Crippen molar-refractivity contribution >= 4 is 5.91 Å². The van der Waals surface area contributed by atoms with E-state index in [0.717, 1.165) is 0 Å². The van der Waals surface area contributed by atoms with Crippen LogP contribution in [0.4, 0.5) is 0 Å². The van der Waals surface area contributed by atoms with Gasteiger partial charge in [0.2, 0.25) is 5.76 Å². The molecule has 0 spiro atoms. The predicted octanol–water partition coefficient (Wildman–Crippen LogP) is 2.87. The molecule has 112 valence electrons. The molecule has 2 heterocycles. The Balaban J connectivity index is 1.66. The Morgan fingerprint density at radius 3 is 2.86 bits per heavy atom. The van der Waals surface area contributed by atoms with Gasteiger partial charge in [0.1, 0.15) is 11.4 Å². The van der Waals surface area contributed by atoms with Crippen molar-refractivity contribution in [2.75, 3.05) is 7.11 Å². The lowest BCUT2D eigenvalue weighted by Crippen LogP contribution is -2.23. The molecule has 6 nitrogen and oxygen atoms in total. The fourth-order valence-corrected chi connectivity index (χ4v) is 2.03. The summed E-state index contributed by atoms with van der Waals surface area (Å²) in [5.74, 6) is 1.40. The molecule has 2 aromatic heterocycles. The number of aromatic nitrogens is 1. The highest BCUT2D eigenvalue weighted by atomic mass is 16.5. The number of methoxy groups -OCH3 is 1. The van der Waals surface area contributed by atoms with Gasteiger partial charge in [-0.05, 0) is 24.3 Å². The molecule has 3 rings (SSSR count). The van der Waals surface area contributed by atoms with Gasteiger partial charge in [0.15, 0.2) is 5.76 Å². The lowest BCUT2D eigenvalue weighted by molar-refractivity contribution is 0.0947. The van der Waals surface area contributed by atoms with E-state index in [1.807, 2.05) is 6.07 Å². The Morgan fingerprint density at radius 2 is 2.09 bits per heavy atom. The standard InChI is InChI=1S/C16H14N2O4/c1-20-13-6-3-2-5-12(13)16(19)17-10-11-9-15(22-18-11)14-7-4-8-21-14/h2-9H,10H2,1H3,(H,17,19). The number of carbonyl (C=O) groups is 1. The second-order valence-electron chi connectivity index (χ2n) is 4.54. The summed E-state index contributed by atoms with van der Waals surface area (Å²) in [5.41, 5.74) is 1.08. The van der Waals surface area contributed by atoms with E-state index in [1.54, 1.807) is 42.7 Å². The summed E-state index contributed by atoms with van der Waals surface area (Å²) in [6.07, 6.45) is 1.56. The number of hydrogen-bond donors (Lipinski definition) is 1. The van der Waals surface area contributed by atoms with Crippen molar-refractivity contribution in [3.05, 3.63) is 60.0 Å². The Hall–Kier alpha value is -3.02. The van der Waals surface area contributed by atoms with E-state index in [9.17, 15) is 4.79 Å². The number of ether oxygens (including phenoxy) is 1. The van der Waals surface area contributed by atoms with Gasteiger partial charge in [-0.25, -0.2) is 0 Å². The molecule has 1 N–H and O–H groups in total. The Kier molecular flexibility index (Phi) is 3.91. The van der Waals surface area contributed by atoms with Gasteiger partial charge in [0, 0.05) is 6.07 Å². The van der Waals surface area contributed by atoms with Gasteiger partial charge >= 0.3 is 0 Å². The zero-order valence-corrected chi connectivity index (χ0v) is 11.9. The van der Waals surface area contributed by atoms with Crippen LogP contribution in [-0.2, 0) is 6.54 Å². The highest BCUT2D eigenvalue weighted by Crippen LogP contribution is 2.21. The molecule has 22 heavy (non-hydrogen) atoms. The molecule has 1 amide bonds. The normalized spacial score (nSPS) is 10.4. The number of rotatable bonds is 5. The number of furan rings is 1. The zero-order valence-electron chi connectivity index (χ0n) is 11.9. The molecule has 6 heteroatoms. The monoisotopic (exact) mass is 298 g/mol. The van der Waals surface area contributed by atoms with Crippen LogP contribution in [-0.4, -0.2) is 18.2 Å². The Morgan fingerprint density at radius 1 is 1.23 bits per heavy atom. The van der Waals surface area contributed by atoms with Crippen molar-refractivity contribution in [3.8, 4) is 17.3 Å². The quantitative estimate of drug-likeness (QED) is 0.783. The number of para-hydroxylation sites is 1. The molecule has 1 aromatic carbocycles. The first kappa shape index (κ1) is 13.9. The number of hydrogen-bond acceptors (Lipinski definition) is 5. The number of nitrogens with one attached hydrogen (secondary N) is 1. The van der Waals surface area contributed by atoms with Gasteiger partial charge in [-0.3, -0.25) is 4.79 Å². The number of benzene rings is 1. The fraction of sp³-hybridized carbons (Fsp3) is 0.125. The van der Waals surface area contributed by atoms with E-state index >= 15 is 0 Å². The first-order valence-electron chi connectivity index (χ1n) is 6.68. The molecule has 0 unspecified atom stereocenters. The molecule has 3 aromatic rings. The third-order valence-electron chi connectivity index (χ3n) is 3.10. The van der Waals surface area contributed by atoms with E-state index in [0.29, 0.717) is 28.5 Å². The van der Waals surface area contributed by atoms with E-state index in [4.69, 9.17) is 13.7 Å². The molecule has 0 aliphatic carbocycles. The third-order valence-corrected chi connectivity index (χ3v) is 3.10. The molecular formula is C16H14N2O4. The molecule has 0 saturated carbocycles. The van der Waals surface area contributed by atoms with Crippen molar-refractivity contribution in [2.45, 2.75) is 6.54 Å². The first-order chi connectivity index (χ1) is 10.8.